The van der Waals surface area contributed by atoms with Gasteiger partial charge in [0.2, 0.25) is 0 Å². The van der Waals surface area contributed by atoms with Crippen LogP contribution in [0.3, 0.4) is 0 Å². The van der Waals surface area contributed by atoms with Crippen LogP contribution < -0.4 is 16.0 Å². The van der Waals surface area contributed by atoms with Crippen molar-refractivity contribution in [3.63, 3.8) is 0 Å². The Morgan fingerprint density at radius 3 is 2.64 bits per heavy atom. The summed E-state index contributed by atoms with van der Waals surface area (Å²) in [5, 5.41) is 0. The van der Waals surface area contributed by atoms with E-state index in [9.17, 15) is 9.59 Å². The van der Waals surface area contributed by atoms with Gasteiger partial charge < -0.3 is 4.74 Å². The van der Waals surface area contributed by atoms with Gasteiger partial charge in [-0.3, -0.25) is 23.5 Å². The molecule has 0 bridgehead atoms. The number of pyridine rings is 1. The van der Waals surface area contributed by atoms with E-state index < -0.39 is 11.2 Å². The van der Waals surface area contributed by atoms with E-state index in [1.54, 1.807) is 36.1 Å². The van der Waals surface area contributed by atoms with Gasteiger partial charge in [0, 0.05) is 26.8 Å². The maximum Gasteiger partial charge on any atom is 0.332 e. The van der Waals surface area contributed by atoms with E-state index in [0.29, 0.717) is 23.5 Å². The fourth-order valence-electron chi connectivity index (χ4n) is 2.31. The highest BCUT2D eigenvalue weighted by Crippen LogP contribution is 2.22. The van der Waals surface area contributed by atoms with Crippen LogP contribution in [0.15, 0.2) is 34.1 Å². The third-order valence-electron chi connectivity index (χ3n) is 3.47. The van der Waals surface area contributed by atoms with Crippen LogP contribution >= 0.6 is 0 Å². The second-order valence-electron chi connectivity index (χ2n) is 4.81. The van der Waals surface area contributed by atoms with Gasteiger partial charge in [-0.25, -0.2) is 4.79 Å². The van der Waals surface area contributed by atoms with Gasteiger partial charge >= 0.3 is 11.7 Å². The van der Waals surface area contributed by atoms with E-state index in [0.717, 1.165) is 4.57 Å². The number of aromatic nitrogens is 5. The van der Waals surface area contributed by atoms with Gasteiger partial charge in [0.05, 0.1) is 6.20 Å². The second-order valence-corrected chi connectivity index (χ2v) is 4.81. The lowest BCUT2D eigenvalue weighted by atomic mass is 10.5. The zero-order valence-corrected chi connectivity index (χ0v) is 12.5. The monoisotopic (exact) mass is 301 g/mol. The molecule has 0 saturated heterocycles. The van der Waals surface area contributed by atoms with Crippen molar-refractivity contribution in [1.29, 1.82) is 0 Å². The quantitative estimate of drug-likeness (QED) is 0.709. The summed E-state index contributed by atoms with van der Waals surface area (Å²) in [7, 11) is 3.02. The molecule has 0 unspecified atom stereocenters. The first-order valence-electron chi connectivity index (χ1n) is 6.78. The van der Waals surface area contributed by atoms with Crippen LogP contribution in [0, 0.1) is 0 Å². The number of aryl methyl sites for hydroxylation is 2. The SMILES string of the molecule is CCn1c(Oc2cccnc2)nc2c1c(=O)n(C)c(=O)n2C. The summed E-state index contributed by atoms with van der Waals surface area (Å²) in [6.07, 6.45) is 3.19. The van der Waals surface area contributed by atoms with Crippen LogP contribution in [-0.4, -0.2) is 23.7 Å². The Kier molecular flexibility index (Phi) is 3.28. The molecule has 114 valence electrons. The summed E-state index contributed by atoms with van der Waals surface area (Å²) >= 11 is 0. The highest BCUT2D eigenvalue weighted by molar-refractivity contribution is 5.72. The van der Waals surface area contributed by atoms with Gasteiger partial charge in [0.15, 0.2) is 11.2 Å². The molecule has 3 aromatic heterocycles. The fourth-order valence-corrected chi connectivity index (χ4v) is 2.31. The Labute approximate surface area is 125 Å². The molecule has 0 N–H and O–H groups in total. The van der Waals surface area contributed by atoms with E-state index in [1.807, 2.05) is 6.92 Å². The lowest BCUT2D eigenvalue weighted by Gasteiger charge is -2.07. The van der Waals surface area contributed by atoms with Gasteiger partial charge in [0.25, 0.3) is 5.56 Å². The Morgan fingerprint density at radius 1 is 1.23 bits per heavy atom. The molecule has 8 heteroatoms. The number of hydrogen-bond donors (Lipinski definition) is 0. The predicted octanol–water partition coefficient (Wildman–Crippen LogP) is 0.641. The van der Waals surface area contributed by atoms with Gasteiger partial charge in [-0.2, -0.15) is 4.98 Å². The summed E-state index contributed by atoms with van der Waals surface area (Å²) in [4.78, 5) is 32.6. The normalized spacial score (nSPS) is 11.0. The van der Waals surface area contributed by atoms with Crippen molar-refractivity contribution < 1.29 is 4.74 Å². The molecule has 3 rings (SSSR count). The average molecular weight is 301 g/mol. The number of fused-ring (bicyclic) bond motifs is 1. The molecule has 0 spiro atoms. The number of ether oxygens (including phenoxy) is 1. The van der Waals surface area contributed by atoms with Gasteiger partial charge in [-0.1, -0.05) is 0 Å². The Bertz CT molecular complexity index is 952. The minimum Gasteiger partial charge on any atom is -0.424 e. The first-order valence-corrected chi connectivity index (χ1v) is 6.78. The lowest BCUT2D eigenvalue weighted by Crippen LogP contribution is -2.37. The molecule has 0 aromatic carbocycles. The van der Waals surface area contributed by atoms with Crippen LogP contribution in [0.5, 0.6) is 11.8 Å². The molecule has 0 atom stereocenters. The zero-order chi connectivity index (χ0) is 15.9. The van der Waals surface area contributed by atoms with Crippen molar-refractivity contribution in [2.24, 2.45) is 14.1 Å². The molecule has 0 aliphatic rings. The number of nitrogens with zero attached hydrogens (tertiary/aromatic N) is 5. The standard InChI is InChI=1S/C14H15N5O3/c1-4-19-10-11(17(2)14(21)18(3)12(10)20)16-13(19)22-9-6-5-7-15-8-9/h5-8H,4H2,1-3H3. The summed E-state index contributed by atoms with van der Waals surface area (Å²) < 4.78 is 9.74. The molecule has 0 radical (unpaired) electrons. The lowest BCUT2D eigenvalue weighted by molar-refractivity contribution is 0.417. The predicted molar refractivity (Wildman–Crippen MR) is 80.2 cm³/mol. The van der Waals surface area contributed by atoms with Gasteiger partial charge in [0.1, 0.15) is 5.75 Å². The van der Waals surface area contributed by atoms with E-state index >= 15 is 0 Å². The van der Waals surface area contributed by atoms with Crippen molar-refractivity contribution in [3.05, 3.63) is 45.4 Å². The zero-order valence-electron chi connectivity index (χ0n) is 12.5. The molecular weight excluding hydrogens is 286 g/mol. The van der Waals surface area contributed by atoms with Crippen LogP contribution in [0.1, 0.15) is 6.92 Å². The van der Waals surface area contributed by atoms with Crippen LogP contribution in [0.2, 0.25) is 0 Å². The molecule has 3 heterocycles. The van der Waals surface area contributed by atoms with Crippen LogP contribution in [0.25, 0.3) is 11.2 Å². The average Bonchev–Trinajstić information content (AvgIpc) is 2.90. The smallest absolute Gasteiger partial charge is 0.332 e. The number of hydrogen-bond acceptors (Lipinski definition) is 5. The summed E-state index contributed by atoms with van der Waals surface area (Å²) in [5.41, 5.74) is -0.181. The molecule has 3 aromatic rings. The first kappa shape index (κ1) is 14.1. The van der Waals surface area contributed by atoms with E-state index in [1.165, 1.54) is 11.6 Å². The van der Waals surface area contributed by atoms with Crippen LogP contribution in [0.4, 0.5) is 0 Å². The third kappa shape index (κ3) is 2.00. The maximum absolute atomic E-state index is 12.4. The van der Waals surface area contributed by atoms with Crippen molar-refractivity contribution >= 4 is 11.2 Å². The first-order chi connectivity index (χ1) is 10.5. The van der Waals surface area contributed by atoms with Crippen molar-refractivity contribution in [1.82, 2.24) is 23.7 Å². The summed E-state index contributed by atoms with van der Waals surface area (Å²) in [5.74, 6) is 0.509. The van der Waals surface area contributed by atoms with E-state index in [4.69, 9.17) is 4.74 Å². The number of rotatable bonds is 3. The maximum atomic E-state index is 12.4. The van der Waals surface area contributed by atoms with Crippen molar-refractivity contribution in [2.75, 3.05) is 0 Å². The molecule has 0 aliphatic carbocycles. The highest BCUT2D eigenvalue weighted by Gasteiger charge is 2.19. The van der Waals surface area contributed by atoms with E-state index in [-0.39, 0.29) is 6.01 Å². The Hall–Kier alpha value is -2.90. The van der Waals surface area contributed by atoms with Crippen molar-refractivity contribution in [3.8, 4) is 11.8 Å². The molecule has 0 fully saturated rings. The number of imidazole rings is 1. The Morgan fingerprint density at radius 2 is 2.00 bits per heavy atom. The van der Waals surface area contributed by atoms with Gasteiger partial charge in [-0.15, -0.1) is 0 Å². The largest absolute Gasteiger partial charge is 0.424 e. The topological polar surface area (TPSA) is 83.9 Å². The summed E-state index contributed by atoms with van der Waals surface area (Å²) in [6, 6.07) is 3.73. The molecular formula is C14H15N5O3. The molecule has 0 aliphatic heterocycles. The fraction of sp³-hybridized carbons (Fsp3) is 0.286. The third-order valence-corrected chi connectivity index (χ3v) is 3.47. The highest BCUT2D eigenvalue weighted by atomic mass is 16.5. The van der Waals surface area contributed by atoms with E-state index in [2.05, 4.69) is 9.97 Å². The van der Waals surface area contributed by atoms with Crippen molar-refractivity contribution in [2.45, 2.75) is 13.5 Å². The second kappa shape index (κ2) is 5.14. The van der Waals surface area contributed by atoms with Crippen LogP contribution in [-0.2, 0) is 20.6 Å². The Balaban J connectivity index is 2.29. The minimum atomic E-state index is -0.425. The molecule has 22 heavy (non-hydrogen) atoms. The molecule has 0 amide bonds. The minimum absolute atomic E-state index is 0.254. The van der Waals surface area contributed by atoms with Gasteiger partial charge in [-0.05, 0) is 19.1 Å². The molecule has 8 nitrogen and oxygen atoms in total. The molecule has 0 saturated carbocycles. The summed E-state index contributed by atoms with van der Waals surface area (Å²) in [6.45, 7) is 2.36.